The zero-order valence-electron chi connectivity index (χ0n) is 18.4. The van der Waals surface area contributed by atoms with Gasteiger partial charge in [-0.05, 0) is 73.0 Å². The van der Waals surface area contributed by atoms with Gasteiger partial charge < -0.3 is 9.88 Å². The molecule has 29 heavy (non-hydrogen) atoms. The third-order valence-corrected chi connectivity index (χ3v) is 5.97. The smallest absolute Gasteiger partial charge is 0.0483 e. The number of benzene rings is 2. The molecule has 154 valence electrons. The predicted molar refractivity (Wildman–Crippen MR) is 127 cm³/mol. The van der Waals surface area contributed by atoms with Gasteiger partial charge in [-0.2, -0.15) is 0 Å². The molecule has 1 aromatic heterocycles. The van der Waals surface area contributed by atoms with Gasteiger partial charge in [-0.1, -0.05) is 69.8 Å². The highest BCUT2D eigenvalue weighted by molar-refractivity contribution is 5.84. The van der Waals surface area contributed by atoms with Crippen LogP contribution in [-0.2, 0) is 13.0 Å². The molecule has 2 nitrogen and oxygen atoms in total. The van der Waals surface area contributed by atoms with Crippen molar-refractivity contribution in [3.05, 3.63) is 78.0 Å². The van der Waals surface area contributed by atoms with Crippen LogP contribution in [0.4, 0.5) is 0 Å². The fourth-order valence-electron chi connectivity index (χ4n) is 4.24. The van der Waals surface area contributed by atoms with Gasteiger partial charge in [0.05, 0.1) is 0 Å². The van der Waals surface area contributed by atoms with Crippen molar-refractivity contribution in [2.24, 2.45) is 5.92 Å². The first kappa shape index (κ1) is 21.4. The van der Waals surface area contributed by atoms with Gasteiger partial charge in [0.15, 0.2) is 0 Å². The maximum atomic E-state index is 4.15. The molecule has 0 unspecified atom stereocenters. The summed E-state index contributed by atoms with van der Waals surface area (Å²) < 4.78 is 2.49. The van der Waals surface area contributed by atoms with Gasteiger partial charge in [-0.25, -0.2) is 0 Å². The van der Waals surface area contributed by atoms with Crippen molar-refractivity contribution in [2.75, 3.05) is 13.1 Å². The van der Waals surface area contributed by atoms with Crippen LogP contribution in [0, 0.1) is 5.92 Å². The van der Waals surface area contributed by atoms with Crippen LogP contribution >= 0.6 is 0 Å². The average Bonchev–Trinajstić information content (AvgIpc) is 3.13. The first-order valence-corrected chi connectivity index (χ1v) is 11.3. The van der Waals surface area contributed by atoms with E-state index in [9.17, 15) is 0 Å². The van der Waals surface area contributed by atoms with Gasteiger partial charge in [0.1, 0.15) is 0 Å². The second-order valence-electron chi connectivity index (χ2n) is 7.85. The van der Waals surface area contributed by atoms with Crippen LogP contribution in [0.25, 0.3) is 16.5 Å². The number of para-hydroxylation sites is 1. The predicted octanol–water partition coefficient (Wildman–Crippen LogP) is 6.68. The third kappa shape index (κ3) is 5.19. The van der Waals surface area contributed by atoms with E-state index in [1.54, 1.807) is 0 Å². The van der Waals surface area contributed by atoms with Gasteiger partial charge in [0.2, 0.25) is 0 Å². The molecule has 0 amide bonds. The van der Waals surface area contributed by atoms with E-state index in [1.807, 2.05) is 13.8 Å². The Bertz CT molecular complexity index is 911. The molecule has 1 fully saturated rings. The lowest BCUT2D eigenvalue weighted by Crippen LogP contribution is -2.29. The summed E-state index contributed by atoms with van der Waals surface area (Å²) in [6.07, 6.45) is 6.95. The second kappa shape index (κ2) is 10.5. The van der Waals surface area contributed by atoms with Crippen molar-refractivity contribution in [3.8, 4) is 0 Å². The highest BCUT2D eigenvalue weighted by atomic mass is 15.0. The fourth-order valence-corrected chi connectivity index (χ4v) is 4.24. The summed E-state index contributed by atoms with van der Waals surface area (Å²) in [6, 6.07) is 17.8. The van der Waals surface area contributed by atoms with Gasteiger partial charge in [-0.15, -0.1) is 0 Å². The minimum atomic E-state index is 0.786. The lowest BCUT2D eigenvalue weighted by atomic mass is 9.98. The van der Waals surface area contributed by atoms with Crippen molar-refractivity contribution < 1.29 is 0 Å². The Morgan fingerprint density at radius 2 is 1.72 bits per heavy atom. The van der Waals surface area contributed by atoms with E-state index in [-0.39, 0.29) is 0 Å². The molecule has 0 aliphatic carbocycles. The number of hydrogen-bond acceptors (Lipinski definition) is 1. The van der Waals surface area contributed by atoms with Crippen molar-refractivity contribution in [3.63, 3.8) is 0 Å². The minimum Gasteiger partial charge on any atom is -0.347 e. The number of rotatable bonds is 6. The van der Waals surface area contributed by atoms with Crippen LogP contribution in [0.3, 0.4) is 0 Å². The topological polar surface area (TPSA) is 17.0 Å². The molecule has 2 aromatic carbocycles. The summed E-state index contributed by atoms with van der Waals surface area (Å²) in [5.41, 5.74) is 6.64. The third-order valence-electron chi connectivity index (χ3n) is 5.97. The largest absolute Gasteiger partial charge is 0.347 e. The molecule has 2 heteroatoms. The highest BCUT2D eigenvalue weighted by Gasteiger charge is 2.16. The average molecular weight is 389 g/mol. The van der Waals surface area contributed by atoms with E-state index >= 15 is 0 Å². The van der Waals surface area contributed by atoms with E-state index in [2.05, 4.69) is 78.1 Å². The maximum Gasteiger partial charge on any atom is 0.0483 e. The summed E-state index contributed by atoms with van der Waals surface area (Å²) in [7, 11) is 0. The Morgan fingerprint density at radius 1 is 1.03 bits per heavy atom. The van der Waals surface area contributed by atoms with E-state index in [4.69, 9.17) is 0 Å². The molecule has 0 atom stereocenters. The number of fused-ring (bicyclic) bond motifs is 1. The number of nitrogens with zero attached hydrogens (tertiary/aromatic N) is 1. The number of allylic oxidation sites excluding steroid dienone is 1. The summed E-state index contributed by atoms with van der Waals surface area (Å²) in [4.78, 5) is 0. The molecule has 1 N–H and O–H groups in total. The lowest BCUT2D eigenvalue weighted by molar-refractivity contribution is 0.337. The Hall–Kier alpha value is -2.32. The van der Waals surface area contributed by atoms with Crippen molar-refractivity contribution >= 4 is 16.5 Å². The molecule has 0 bridgehead atoms. The Balaban J connectivity index is 0.00000117. The minimum absolute atomic E-state index is 0.786. The zero-order valence-corrected chi connectivity index (χ0v) is 18.4. The molecular weight excluding hydrogens is 352 g/mol. The van der Waals surface area contributed by atoms with Crippen LogP contribution in [-0.4, -0.2) is 17.7 Å². The summed E-state index contributed by atoms with van der Waals surface area (Å²) in [5, 5.41) is 4.87. The van der Waals surface area contributed by atoms with Crippen LogP contribution in [0.2, 0.25) is 0 Å². The van der Waals surface area contributed by atoms with Crippen molar-refractivity contribution in [1.29, 1.82) is 0 Å². The number of piperidine rings is 1. The Morgan fingerprint density at radius 3 is 2.41 bits per heavy atom. The van der Waals surface area contributed by atoms with E-state index in [0.717, 1.165) is 38.4 Å². The van der Waals surface area contributed by atoms with Gasteiger partial charge in [0.25, 0.3) is 0 Å². The summed E-state index contributed by atoms with van der Waals surface area (Å²) in [6.45, 7) is 13.8. The molecule has 1 saturated heterocycles. The molecule has 2 heterocycles. The van der Waals surface area contributed by atoms with Gasteiger partial charge in [0, 0.05) is 23.6 Å². The maximum absolute atomic E-state index is 4.15. The quantitative estimate of drug-likeness (QED) is 0.498. The first-order chi connectivity index (χ1) is 14.2. The SMILES string of the molecule is C=C(CC)c1ccc(Cc2cn(CC3CCNCC3)c3ccccc23)cc1.CC. The van der Waals surface area contributed by atoms with Crippen molar-refractivity contribution in [1.82, 2.24) is 9.88 Å². The molecule has 0 radical (unpaired) electrons. The molecule has 0 spiro atoms. The standard InChI is InChI=1S/C25H30N2.C2H6/c1-3-19(2)22-10-8-20(9-11-22)16-23-18-27(17-21-12-14-26-15-13-21)25-7-5-4-6-24(23)25;1-2/h4-11,18,21,26H,2-3,12-17H2,1H3;1-2H3. The van der Waals surface area contributed by atoms with E-state index < -0.39 is 0 Å². The van der Waals surface area contributed by atoms with Crippen LogP contribution in [0.5, 0.6) is 0 Å². The van der Waals surface area contributed by atoms with E-state index in [1.165, 1.54) is 46.0 Å². The number of hydrogen-bond donors (Lipinski definition) is 1. The highest BCUT2D eigenvalue weighted by Crippen LogP contribution is 2.27. The van der Waals surface area contributed by atoms with Crippen molar-refractivity contribution in [2.45, 2.75) is 53.0 Å². The fraction of sp³-hybridized carbons (Fsp3) is 0.407. The monoisotopic (exact) mass is 388 g/mol. The summed E-state index contributed by atoms with van der Waals surface area (Å²) >= 11 is 0. The Kier molecular flexibility index (Phi) is 7.71. The van der Waals surface area contributed by atoms with Crippen LogP contribution in [0.15, 0.2) is 61.3 Å². The van der Waals surface area contributed by atoms with Gasteiger partial charge >= 0.3 is 0 Å². The lowest BCUT2D eigenvalue weighted by Gasteiger charge is -2.23. The van der Waals surface area contributed by atoms with Crippen LogP contribution in [0.1, 0.15) is 56.7 Å². The van der Waals surface area contributed by atoms with Crippen LogP contribution < -0.4 is 5.32 Å². The normalized spacial score (nSPS) is 14.4. The Labute approximate surface area is 176 Å². The molecule has 3 aromatic rings. The zero-order chi connectivity index (χ0) is 20.6. The molecule has 0 saturated carbocycles. The van der Waals surface area contributed by atoms with E-state index in [0.29, 0.717) is 0 Å². The molecule has 4 rings (SSSR count). The molecule has 1 aliphatic rings. The molecular formula is C27H36N2. The molecule has 1 aliphatic heterocycles. The van der Waals surface area contributed by atoms with Gasteiger partial charge in [-0.3, -0.25) is 0 Å². The number of nitrogens with one attached hydrogen (secondary N) is 1. The second-order valence-corrected chi connectivity index (χ2v) is 7.85. The summed E-state index contributed by atoms with van der Waals surface area (Å²) in [5.74, 6) is 0.786. The first-order valence-electron chi connectivity index (χ1n) is 11.3. The number of aromatic nitrogens is 1.